The van der Waals surface area contributed by atoms with Gasteiger partial charge < -0.3 is 19.1 Å². The number of anilines is 1. The largest absolute Gasteiger partial charge is 0.493 e. The SMILES string of the molecule is COc1cccc2c1OC[C@H](Cc1ncc(F)c(N3CCOCC3)n1)C2. The van der Waals surface area contributed by atoms with E-state index in [0.717, 1.165) is 23.5 Å². The molecule has 2 aliphatic heterocycles. The molecule has 1 aromatic carbocycles. The Morgan fingerprint density at radius 2 is 2.15 bits per heavy atom. The van der Waals surface area contributed by atoms with Crippen molar-refractivity contribution in [2.24, 2.45) is 5.92 Å². The predicted molar refractivity (Wildman–Crippen MR) is 94.4 cm³/mol. The molecule has 0 spiro atoms. The standard InChI is InChI=1S/C19H22FN3O3/c1-24-16-4-2-3-14-9-13(12-26-18(14)16)10-17-21-11-15(20)19(22-17)23-5-7-25-8-6-23/h2-4,11,13H,5-10,12H2,1H3/t13-/m0/s1. The van der Waals surface area contributed by atoms with E-state index in [4.69, 9.17) is 14.2 Å². The number of aromatic nitrogens is 2. The Hall–Kier alpha value is -2.41. The van der Waals surface area contributed by atoms with Crippen LogP contribution in [0.4, 0.5) is 10.2 Å². The van der Waals surface area contributed by atoms with Crippen LogP contribution in [0.25, 0.3) is 0 Å². The summed E-state index contributed by atoms with van der Waals surface area (Å²) < 4.78 is 30.8. The van der Waals surface area contributed by atoms with Crippen LogP contribution in [-0.4, -0.2) is 50.0 Å². The van der Waals surface area contributed by atoms with Crippen LogP contribution in [0.5, 0.6) is 11.5 Å². The van der Waals surface area contributed by atoms with Crippen molar-refractivity contribution >= 4 is 5.82 Å². The van der Waals surface area contributed by atoms with Gasteiger partial charge in [0, 0.05) is 25.4 Å². The highest BCUT2D eigenvalue weighted by molar-refractivity contribution is 5.48. The van der Waals surface area contributed by atoms with Gasteiger partial charge in [0.1, 0.15) is 5.82 Å². The fraction of sp³-hybridized carbons (Fsp3) is 0.474. The second kappa shape index (κ2) is 7.45. The zero-order valence-corrected chi connectivity index (χ0v) is 14.8. The average molecular weight is 359 g/mol. The lowest BCUT2D eigenvalue weighted by Gasteiger charge is -2.29. The van der Waals surface area contributed by atoms with Crippen molar-refractivity contribution in [1.29, 1.82) is 0 Å². The molecule has 1 saturated heterocycles. The number of nitrogens with zero attached hydrogens (tertiary/aromatic N) is 3. The highest BCUT2D eigenvalue weighted by atomic mass is 19.1. The summed E-state index contributed by atoms with van der Waals surface area (Å²) in [6.45, 7) is 3.04. The minimum atomic E-state index is -0.384. The highest BCUT2D eigenvalue weighted by Crippen LogP contribution is 2.36. The first-order valence-electron chi connectivity index (χ1n) is 8.87. The number of benzene rings is 1. The van der Waals surface area contributed by atoms with Gasteiger partial charge in [0.15, 0.2) is 23.1 Å². The minimum absolute atomic E-state index is 0.248. The number of morpholine rings is 1. The van der Waals surface area contributed by atoms with E-state index >= 15 is 0 Å². The quantitative estimate of drug-likeness (QED) is 0.835. The van der Waals surface area contributed by atoms with Crippen LogP contribution in [0.1, 0.15) is 11.4 Å². The van der Waals surface area contributed by atoms with Crippen molar-refractivity contribution in [1.82, 2.24) is 9.97 Å². The predicted octanol–water partition coefficient (Wildman–Crippen LogP) is 2.25. The molecule has 26 heavy (non-hydrogen) atoms. The molecule has 0 amide bonds. The van der Waals surface area contributed by atoms with Crippen molar-refractivity contribution in [3.8, 4) is 11.5 Å². The first kappa shape index (κ1) is 17.0. The summed E-state index contributed by atoms with van der Waals surface area (Å²) in [7, 11) is 1.64. The van der Waals surface area contributed by atoms with Crippen molar-refractivity contribution in [2.45, 2.75) is 12.8 Å². The molecule has 0 radical (unpaired) electrons. The normalized spacial score (nSPS) is 19.6. The van der Waals surface area contributed by atoms with Crippen molar-refractivity contribution < 1.29 is 18.6 Å². The summed E-state index contributed by atoms with van der Waals surface area (Å²) in [5, 5.41) is 0. The van der Waals surface area contributed by atoms with E-state index in [2.05, 4.69) is 16.0 Å². The van der Waals surface area contributed by atoms with Crippen LogP contribution in [0.2, 0.25) is 0 Å². The molecule has 2 aliphatic rings. The lowest BCUT2D eigenvalue weighted by molar-refractivity contribution is 0.122. The van der Waals surface area contributed by atoms with Crippen LogP contribution in [0, 0.1) is 11.7 Å². The molecule has 2 aromatic rings. The Bertz CT molecular complexity index is 781. The van der Waals surface area contributed by atoms with E-state index in [0.29, 0.717) is 51.0 Å². The first-order chi connectivity index (χ1) is 12.7. The molecule has 1 aromatic heterocycles. The second-order valence-electron chi connectivity index (χ2n) is 6.59. The number of fused-ring (bicyclic) bond motifs is 1. The highest BCUT2D eigenvalue weighted by Gasteiger charge is 2.25. The fourth-order valence-electron chi connectivity index (χ4n) is 3.50. The lowest BCUT2D eigenvalue weighted by Crippen LogP contribution is -2.37. The van der Waals surface area contributed by atoms with Crippen LogP contribution in [-0.2, 0) is 17.6 Å². The smallest absolute Gasteiger partial charge is 0.183 e. The van der Waals surface area contributed by atoms with Gasteiger partial charge >= 0.3 is 0 Å². The molecule has 1 atom stereocenters. The zero-order valence-electron chi connectivity index (χ0n) is 14.8. The van der Waals surface area contributed by atoms with E-state index in [1.807, 2.05) is 17.0 Å². The molecule has 3 heterocycles. The molecule has 138 valence electrons. The van der Waals surface area contributed by atoms with Crippen molar-refractivity contribution in [2.75, 3.05) is 44.9 Å². The van der Waals surface area contributed by atoms with Crippen LogP contribution >= 0.6 is 0 Å². The third-order valence-corrected chi connectivity index (χ3v) is 4.81. The van der Waals surface area contributed by atoms with Gasteiger partial charge in [-0.15, -0.1) is 0 Å². The van der Waals surface area contributed by atoms with Crippen LogP contribution in [0.15, 0.2) is 24.4 Å². The summed E-state index contributed by atoms with van der Waals surface area (Å²) in [4.78, 5) is 10.6. The number of hydrogen-bond acceptors (Lipinski definition) is 6. The number of rotatable bonds is 4. The number of hydrogen-bond donors (Lipinski definition) is 0. The maximum Gasteiger partial charge on any atom is 0.183 e. The Morgan fingerprint density at radius 1 is 1.31 bits per heavy atom. The van der Waals surface area contributed by atoms with Gasteiger partial charge in [-0.3, -0.25) is 0 Å². The first-order valence-corrected chi connectivity index (χ1v) is 8.87. The lowest BCUT2D eigenvalue weighted by atomic mass is 9.93. The van der Waals surface area contributed by atoms with Gasteiger partial charge in [-0.05, 0) is 18.1 Å². The third kappa shape index (κ3) is 3.44. The van der Waals surface area contributed by atoms with Gasteiger partial charge in [0.05, 0.1) is 33.1 Å². The molecule has 0 bridgehead atoms. The Labute approximate surface area is 151 Å². The molecular formula is C19H22FN3O3. The second-order valence-corrected chi connectivity index (χ2v) is 6.59. The number of methoxy groups -OCH3 is 1. The van der Waals surface area contributed by atoms with Crippen molar-refractivity contribution in [3.63, 3.8) is 0 Å². The Kier molecular flexibility index (Phi) is 4.88. The van der Waals surface area contributed by atoms with E-state index in [-0.39, 0.29) is 11.7 Å². The van der Waals surface area contributed by atoms with E-state index < -0.39 is 0 Å². The molecule has 0 aliphatic carbocycles. The zero-order chi connectivity index (χ0) is 17.9. The Balaban J connectivity index is 1.49. The summed E-state index contributed by atoms with van der Waals surface area (Å²) in [5.74, 6) is 2.46. The molecule has 1 fully saturated rings. The topological polar surface area (TPSA) is 56.7 Å². The van der Waals surface area contributed by atoms with Crippen LogP contribution in [0.3, 0.4) is 0 Å². The summed E-state index contributed by atoms with van der Waals surface area (Å²) in [6, 6.07) is 5.92. The van der Waals surface area contributed by atoms with E-state index in [1.54, 1.807) is 7.11 Å². The van der Waals surface area contributed by atoms with Gasteiger partial charge in [0.2, 0.25) is 0 Å². The monoisotopic (exact) mass is 359 g/mol. The van der Waals surface area contributed by atoms with Gasteiger partial charge in [0.25, 0.3) is 0 Å². The van der Waals surface area contributed by atoms with Gasteiger partial charge in [-0.1, -0.05) is 12.1 Å². The molecule has 0 saturated carbocycles. The molecular weight excluding hydrogens is 337 g/mol. The fourth-order valence-corrected chi connectivity index (χ4v) is 3.50. The number of para-hydroxylation sites is 1. The van der Waals surface area contributed by atoms with Crippen LogP contribution < -0.4 is 14.4 Å². The number of halogens is 1. The average Bonchev–Trinajstić information content (AvgIpc) is 2.69. The molecule has 7 heteroatoms. The summed E-state index contributed by atoms with van der Waals surface area (Å²) in [6.07, 6.45) is 2.78. The molecule has 4 rings (SSSR count). The van der Waals surface area contributed by atoms with Crippen molar-refractivity contribution in [3.05, 3.63) is 41.6 Å². The molecule has 0 N–H and O–H groups in total. The Morgan fingerprint density at radius 3 is 2.96 bits per heavy atom. The third-order valence-electron chi connectivity index (χ3n) is 4.81. The molecule has 0 unspecified atom stereocenters. The maximum atomic E-state index is 14.2. The molecule has 6 nitrogen and oxygen atoms in total. The minimum Gasteiger partial charge on any atom is -0.493 e. The summed E-state index contributed by atoms with van der Waals surface area (Å²) in [5.41, 5.74) is 1.12. The summed E-state index contributed by atoms with van der Waals surface area (Å²) >= 11 is 0. The van der Waals surface area contributed by atoms with E-state index in [1.165, 1.54) is 6.20 Å². The number of ether oxygens (including phenoxy) is 3. The van der Waals surface area contributed by atoms with Gasteiger partial charge in [-0.25, -0.2) is 14.4 Å². The van der Waals surface area contributed by atoms with Gasteiger partial charge in [-0.2, -0.15) is 0 Å². The van der Waals surface area contributed by atoms with E-state index in [9.17, 15) is 4.39 Å². The maximum absolute atomic E-state index is 14.2.